The molecule has 27 heavy (non-hydrogen) atoms. The molecular weight excluding hydrogens is 350 g/mol. The number of para-hydroxylation sites is 1. The van der Waals surface area contributed by atoms with Crippen LogP contribution in [0, 0.1) is 10.1 Å². The van der Waals surface area contributed by atoms with Crippen molar-refractivity contribution in [1.29, 1.82) is 0 Å². The highest BCUT2D eigenvalue weighted by molar-refractivity contribution is 6.08. The quantitative estimate of drug-likeness (QED) is 0.483. The summed E-state index contributed by atoms with van der Waals surface area (Å²) < 4.78 is 1.81. The fourth-order valence-corrected chi connectivity index (χ4v) is 2.81. The number of amides is 2. The largest absolute Gasteiger partial charge is 0.383 e. The van der Waals surface area contributed by atoms with Crippen LogP contribution in [0.2, 0.25) is 0 Å². The number of nitrogens with zero attached hydrogens (tertiary/aromatic N) is 2. The maximum atomic E-state index is 12.4. The van der Waals surface area contributed by atoms with Crippen LogP contribution in [-0.4, -0.2) is 28.4 Å². The van der Waals surface area contributed by atoms with Crippen molar-refractivity contribution < 1.29 is 14.5 Å². The average Bonchev–Trinajstić information content (AvgIpc) is 3.02. The van der Waals surface area contributed by atoms with Crippen LogP contribution in [0.5, 0.6) is 0 Å². The molecule has 0 aliphatic carbocycles. The lowest BCUT2D eigenvalue weighted by atomic mass is 10.1. The van der Waals surface area contributed by atoms with Gasteiger partial charge in [-0.05, 0) is 18.2 Å². The molecule has 0 saturated heterocycles. The Morgan fingerprint density at radius 1 is 1.07 bits per heavy atom. The van der Waals surface area contributed by atoms with Crippen LogP contribution < -0.4 is 16.2 Å². The summed E-state index contributed by atoms with van der Waals surface area (Å²) in [6.45, 7) is 0. The second-order valence-corrected chi connectivity index (χ2v) is 5.82. The molecule has 2 aromatic carbocycles. The van der Waals surface area contributed by atoms with E-state index in [0.29, 0.717) is 5.56 Å². The molecular formula is C18H17N5O4. The predicted octanol–water partition coefficient (Wildman–Crippen LogP) is 2.20. The van der Waals surface area contributed by atoms with Gasteiger partial charge in [0.2, 0.25) is 0 Å². The number of fused-ring (bicyclic) bond motifs is 1. The number of benzene rings is 2. The van der Waals surface area contributed by atoms with Crippen molar-refractivity contribution in [2.45, 2.75) is 0 Å². The fourth-order valence-electron chi connectivity index (χ4n) is 2.81. The molecule has 1 heterocycles. The van der Waals surface area contributed by atoms with Crippen LogP contribution in [0.4, 0.5) is 11.4 Å². The molecule has 0 aliphatic rings. The highest BCUT2D eigenvalue weighted by Gasteiger charge is 2.18. The minimum atomic E-state index is -0.658. The second kappa shape index (κ2) is 7.16. The summed E-state index contributed by atoms with van der Waals surface area (Å²) in [5.41, 5.74) is 6.03. The van der Waals surface area contributed by atoms with Crippen molar-refractivity contribution in [3.63, 3.8) is 0 Å². The van der Waals surface area contributed by atoms with Gasteiger partial charge in [0.05, 0.1) is 10.5 Å². The standard InChI is InChI=1S/C18H17N5O4/c1-19-14-8-7-11(9-16(14)23(26)27)17(24)20-21-18(25)13-10-22(2)15-6-4-3-5-12(13)15/h3-10,19H,1-2H3,(H,20,24)(H,21,25). The van der Waals surface area contributed by atoms with Gasteiger partial charge in [-0.15, -0.1) is 0 Å². The minimum Gasteiger partial charge on any atom is -0.383 e. The van der Waals surface area contributed by atoms with E-state index < -0.39 is 16.7 Å². The van der Waals surface area contributed by atoms with E-state index in [4.69, 9.17) is 0 Å². The minimum absolute atomic E-state index is 0.0546. The van der Waals surface area contributed by atoms with Gasteiger partial charge in [0, 0.05) is 42.8 Å². The van der Waals surface area contributed by atoms with E-state index in [1.807, 2.05) is 35.9 Å². The zero-order chi connectivity index (χ0) is 19.6. The third-order valence-corrected chi connectivity index (χ3v) is 4.16. The van der Waals surface area contributed by atoms with Crippen molar-refractivity contribution >= 4 is 34.1 Å². The summed E-state index contributed by atoms with van der Waals surface area (Å²) in [6.07, 6.45) is 1.67. The molecule has 0 spiro atoms. The molecule has 3 rings (SSSR count). The zero-order valence-electron chi connectivity index (χ0n) is 14.6. The highest BCUT2D eigenvalue weighted by Crippen LogP contribution is 2.25. The van der Waals surface area contributed by atoms with E-state index >= 15 is 0 Å². The molecule has 2 amide bonds. The SMILES string of the molecule is CNc1ccc(C(=O)NNC(=O)c2cn(C)c3ccccc23)cc1[N+](=O)[O-]. The monoisotopic (exact) mass is 367 g/mol. The van der Waals surface area contributed by atoms with Gasteiger partial charge in [0.15, 0.2) is 0 Å². The second-order valence-electron chi connectivity index (χ2n) is 5.82. The first-order valence-corrected chi connectivity index (χ1v) is 8.03. The number of anilines is 1. The molecule has 0 fully saturated rings. The Labute approximate surface area is 154 Å². The van der Waals surface area contributed by atoms with Gasteiger partial charge in [-0.25, -0.2) is 0 Å². The Morgan fingerprint density at radius 3 is 2.48 bits per heavy atom. The Hall–Kier alpha value is -3.88. The summed E-state index contributed by atoms with van der Waals surface area (Å²) in [6, 6.07) is 11.4. The zero-order valence-corrected chi connectivity index (χ0v) is 14.6. The predicted molar refractivity (Wildman–Crippen MR) is 100 cm³/mol. The molecule has 0 radical (unpaired) electrons. The number of hydrogen-bond acceptors (Lipinski definition) is 5. The van der Waals surface area contributed by atoms with Crippen molar-refractivity contribution in [3.8, 4) is 0 Å². The van der Waals surface area contributed by atoms with E-state index in [0.717, 1.165) is 17.0 Å². The first-order chi connectivity index (χ1) is 12.9. The molecule has 9 nitrogen and oxygen atoms in total. The maximum absolute atomic E-state index is 12.4. The number of nitro benzene ring substituents is 1. The lowest BCUT2D eigenvalue weighted by molar-refractivity contribution is -0.384. The van der Waals surface area contributed by atoms with E-state index in [-0.39, 0.29) is 16.9 Å². The third-order valence-electron chi connectivity index (χ3n) is 4.16. The van der Waals surface area contributed by atoms with E-state index in [1.54, 1.807) is 13.2 Å². The number of aromatic nitrogens is 1. The number of rotatable bonds is 4. The van der Waals surface area contributed by atoms with Crippen LogP contribution >= 0.6 is 0 Å². The van der Waals surface area contributed by atoms with Gasteiger partial charge < -0.3 is 9.88 Å². The molecule has 0 unspecified atom stereocenters. The summed E-state index contributed by atoms with van der Waals surface area (Å²) >= 11 is 0. The third kappa shape index (κ3) is 3.43. The molecule has 0 bridgehead atoms. The van der Waals surface area contributed by atoms with Crippen molar-refractivity contribution in [2.75, 3.05) is 12.4 Å². The number of hydrazine groups is 1. The van der Waals surface area contributed by atoms with E-state index in [1.165, 1.54) is 12.1 Å². The van der Waals surface area contributed by atoms with Crippen LogP contribution in [0.25, 0.3) is 10.9 Å². The van der Waals surface area contributed by atoms with Gasteiger partial charge in [-0.2, -0.15) is 0 Å². The van der Waals surface area contributed by atoms with Crippen LogP contribution in [0.1, 0.15) is 20.7 Å². The lowest BCUT2D eigenvalue weighted by Gasteiger charge is -2.08. The molecule has 0 saturated carbocycles. The Balaban J connectivity index is 1.76. The Morgan fingerprint density at radius 2 is 1.78 bits per heavy atom. The van der Waals surface area contributed by atoms with Crippen LogP contribution in [0.15, 0.2) is 48.7 Å². The molecule has 3 N–H and O–H groups in total. The summed E-state index contributed by atoms with van der Waals surface area (Å²) in [7, 11) is 3.37. The molecule has 138 valence electrons. The normalized spacial score (nSPS) is 10.4. The lowest BCUT2D eigenvalue weighted by Crippen LogP contribution is -2.41. The topological polar surface area (TPSA) is 118 Å². The van der Waals surface area contributed by atoms with Crippen LogP contribution in [-0.2, 0) is 7.05 Å². The van der Waals surface area contributed by atoms with E-state index in [9.17, 15) is 19.7 Å². The average molecular weight is 367 g/mol. The fraction of sp³-hybridized carbons (Fsp3) is 0.111. The number of hydrogen-bond donors (Lipinski definition) is 3. The smallest absolute Gasteiger partial charge is 0.293 e. The van der Waals surface area contributed by atoms with Crippen LogP contribution in [0.3, 0.4) is 0 Å². The summed E-state index contributed by atoms with van der Waals surface area (Å²) in [5, 5.41) is 14.5. The Kier molecular flexibility index (Phi) is 4.75. The summed E-state index contributed by atoms with van der Waals surface area (Å²) in [5.74, 6) is -1.14. The van der Waals surface area contributed by atoms with E-state index in [2.05, 4.69) is 16.2 Å². The summed E-state index contributed by atoms with van der Waals surface area (Å²) in [4.78, 5) is 35.2. The number of carbonyl (C=O) groups excluding carboxylic acids is 2. The first kappa shape index (κ1) is 17.9. The van der Waals surface area contributed by atoms with Gasteiger partial charge in [-0.3, -0.25) is 30.6 Å². The first-order valence-electron chi connectivity index (χ1n) is 8.03. The van der Waals surface area contributed by atoms with Crippen molar-refractivity contribution in [3.05, 3.63) is 69.9 Å². The highest BCUT2D eigenvalue weighted by atomic mass is 16.6. The van der Waals surface area contributed by atoms with Gasteiger partial charge in [0.1, 0.15) is 5.69 Å². The molecule has 0 aliphatic heterocycles. The van der Waals surface area contributed by atoms with Crippen molar-refractivity contribution in [1.82, 2.24) is 15.4 Å². The molecule has 1 aromatic heterocycles. The van der Waals surface area contributed by atoms with Gasteiger partial charge in [0.25, 0.3) is 17.5 Å². The number of nitro groups is 1. The maximum Gasteiger partial charge on any atom is 0.293 e. The number of nitrogens with one attached hydrogen (secondary N) is 3. The number of aryl methyl sites for hydroxylation is 1. The molecule has 9 heteroatoms. The van der Waals surface area contributed by atoms with Gasteiger partial charge in [-0.1, -0.05) is 18.2 Å². The molecule has 3 aromatic rings. The Bertz CT molecular complexity index is 1060. The number of carbonyl (C=O) groups is 2. The van der Waals surface area contributed by atoms with Crippen molar-refractivity contribution in [2.24, 2.45) is 7.05 Å². The molecule has 0 atom stereocenters. The van der Waals surface area contributed by atoms with Gasteiger partial charge >= 0.3 is 0 Å².